The lowest BCUT2D eigenvalue weighted by Gasteiger charge is -2.11. The van der Waals surface area contributed by atoms with Crippen molar-refractivity contribution in [3.05, 3.63) is 63.1 Å². The van der Waals surface area contributed by atoms with Gasteiger partial charge in [0, 0.05) is 5.69 Å². The van der Waals surface area contributed by atoms with E-state index < -0.39 is 0 Å². The molecule has 1 atom stereocenters. The van der Waals surface area contributed by atoms with Crippen molar-refractivity contribution in [3.63, 3.8) is 0 Å². The molecule has 0 aliphatic heterocycles. The number of para-hydroxylation sites is 2. The number of hydrogen-bond acceptors (Lipinski definition) is 6. The molecule has 0 saturated heterocycles. The van der Waals surface area contributed by atoms with E-state index >= 15 is 0 Å². The number of benzene rings is 2. The number of rotatable bonds is 6. The van der Waals surface area contributed by atoms with E-state index in [1.807, 2.05) is 22.9 Å². The molecule has 2 heterocycles. The summed E-state index contributed by atoms with van der Waals surface area (Å²) in [6, 6.07) is 16.4. The summed E-state index contributed by atoms with van der Waals surface area (Å²) in [4.78, 5) is 6.01. The van der Waals surface area contributed by atoms with Crippen molar-refractivity contribution in [3.8, 4) is 0 Å². The standard InChI is InChI=1S/C19H19N5S3/c1-13-7-3-4-8-14(13)21-18-22-24(19(25)27-18)12-23(2)11-17-20-15-9-5-6-10-16(15)26-17/h3-10H,11-12H2,1-2H3,(H,21,22)/p+1. The number of anilines is 2. The molecule has 5 nitrogen and oxygen atoms in total. The molecule has 4 rings (SSSR count). The van der Waals surface area contributed by atoms with E-state index in [9.17, 15) is 0 Å². The maximum atomic E-state index is 5.51. The summed E-state index contributed by atoms with van der Waals surface area (Å²) in [6.45, 7) is 3.63. The Labute approximate surface area is 170 Å². The molecule has 4 aromatic rings. The zero-order valence-corrected chi connectivity index (χ0v) is 17.5. The second kappa shape index (κ2) is 7.85. The van der Waals surface area contributed by atoms with E-state index in [0.717, 1.165) is 31.8 Å². The second-order valence-corrected chi connectivity index (χ2v) is 9.22. The molecule has 0 aliphatic carbocycles. The summed E-state index contributed by atoms with van der Waals surface area (Å²) >= 11 is 8.76. The molecule has 0 saturated carbocycles. The SMILES string of the molecule is Cc1ccccc1Nc1nn(C[NH+](C)Cc2nc3ccccc3s2)c(=S)s1. The van der Waals surface area contributed by atoms with Gasteiger partial charge in [-0.2, -0.15) is 4.68 Å². The third kappa shape index (κ3) is 4.24. The van der Waals surface area contributed by atoms with Crippen molar-refractivity contribution in [2.75, 3.05) is 12.4 Å². The highest BCUT2D eigenvalue weighted by molar-refractivity contribution is 7.73. The number of hydrogen-bond donors (Lipinski definition) is 2. The molecule has 2 N–H and O–H groups in total. The van der Waals surface area contributed by atoms with E-state index in [-0.39, 0.29) is 0 Å². The van der Waals surface area contributed by atoms with Crippen molar-refractivity contribution >= 4 is 55.9 Å². The van der Waals surface area contributed by atoms with Gasteiger partial charge in [0.2, 0.25) is 5.13 Å². The fraction of sp³-hybridized carbons (Fsp3) is 0.211. The Morgan fingerprint density at radius 3 is 2.70 bits per heavy atom. The largest absolute Gasteiger partial charge is 0.330 e. The first-order valence-electron chi connectivity index (χ1n) is 8.65. The molecule has 0 radical (unpaired) electrons. The van der Waals surface area contributed by atoms with Gasteiger partial charge in [-0.05, 0) is 42.9 Å². The summed E-state index contributed by atoms with van der Waals surface area (Å²) in [7, 11) is 2.14. The van der Waals surface area contributed by atoms with Gasteiger partial charge < -0.3 is 10.2 Å². The molecule has 0 aliphatic rings. The minimum atomic E-state index is 0.709. The van der Waals surface area contributed by atoms with Gasteiger partial charge in [0.05, 0.1) is 17.3 Å². The lowest BCUT2D eigenvalue weighted by Crippen LogP contribution is -3.07. The first kappa shape index (κ1) is 18.2. The van der Waals surface area contributed by atoms with Crippen molar-refractivity contribution in [1.29, 1.82) is 0 Å². The van der Waals surface area contributed by atoms with Gasteiger partial charge in [0.1, 0.15) is 11.6 Å². The second-order valence-electron chi connectivity index (χ2n) is 6.48. The number of quaternary nitrogens is 1. The van der Waals surface area contributed by atoms with Gasteiger partial charge in [-0.25, -0.2) is 4.98 Å². The Morgan fingerprint density at radius 1 is 1.11 bits per heavy atom. The Morgan fingerprint density at radius 2 is 1.89 bits per heavy atom. The van der Waals surface area contributed by atoms with E-state index in [0.29, 0.717) is 6.67 Å². The fourth-order valence-electron chi connectivity index (χ4n) is 2.85. The van der Waals surface area contributed by atoms with Crippen LogP contribution in [0.4, 0.5) is 10.8 Å². The summed E-state index contributed by atoms with van der Waals surface area (Å²) in [5, 5.41) is 9.98. The topological polar surface area (TPSA) is 47.2 Å². The monoisotopic (exact) mass is 414 g/mol. The predicted octanol–water partition coefficient (Wildman–Crippen LogP) is 4.01. The quantitative estimate of drug-likeness (QED) is 0.468. The zero-order valence-electron chi connectivity index (χ0n) is 15.1. The predicted molar refractivity (Wildman–Crippen MR) is 116 cm³/mol. The number of thiazole rings is 1. The highest BCUT2D eigenvalue weighted by Gasteiger charge is 2.12. The van der Waals surface area contributed by atoms with Gasteiger partial charge in [-0.15, -0.1) is 16.4 Å². The summed E-state index contributed by atoms with van der Waals surface area (Å²) < 4.78 is 3.90. The van der Waals surface area contributed by atoms with Crippen LogP contribution in [0, 0.1) is 10.9 Å². The summed E-state index contributed by atoms with van der Waals surface area (Å²) in [5.74, 6) is 0. The maximum Gasteiger partial charge on any atom is 0.209 e. The molecule has 138 valence electrons. The van der Waals surface area contributed by atoms with Crippen LogP contribution in [0.1, 0.15) is 10.6 Å². The molecule has 2 aromatic heterocycles. The van der Waals surface area contributed by atoms with E-state index in [1.165, 1.54) is 26.5 Å². The zero-order chi connectivity index (χ0) is 18.8. The smallest absolute Gasteiger partial charge is 0.209 e. The Kier molecular flexibility index (Phi) is 5.31. The van der Waals surface area contributed by atoms with Crippen LogP contribution in [-0.4, -0.2) is 21.8 Å². The number of aromatic nitrogens is 3. The average Bonchev–Trinajstić information content (AvgIpc) is 3.19. The molecule has 8 heteroatoms. The normalized spacial score (nSPS) is 12.4. The number of nitrogens with one attached hydrogen (secondary N) is 2. The first-order valence-corrected chi connectivity index (χ1v) is 10.7. The van der Waals surface area contributed by atoms with Crippen LogP contribution in [0.2, 0.25) is 0 Å². The fourth-order valence-corrected chi connectivity index (χ4v) is 4.95. The minimum absolute atomic E-state index is 0.709. The molecule has 2 aromatic carbocycles. The van der Waals surface area contributed by atoms with Crippen LogP contribution < -0.4 is 10.2 Å². The van der Waals surface area contributed by atoms with Crippen molar-refractivity contribution < 1.29 is 4.90 Å². The highest BCUT2D eigenvalue weighted by Crippen LogP contribution is 2.23. The van der Waals surface area contributed by atoms with Crippen molar-refractivity contribution in [2.24, 2.45) is 0 Å². The van der Waals surface area contributed by atoms with Crippen LogP contribution in [-0.2, 0) is 13.2 Å². The number of fused-ring (bicyclic) bond motifs is 1. The molecule has 27 heavy (non-hydrogen) atoms. The third-order valence-electron chi connectivity index (χ3n) is 4.20. The maximum absolute atomic E-state index is 5.51. The van der Waals surface area contributed by atoms with Crippen molar-refractivity contribution in [1.82, 2.24) is 14.8 Å². The van der Waals surface area contributed by atoms with E-state index in [2.05, 4.69) is 54.7 Å². The molecular weight excluding hydrogens is 394 g/mol. The first-order chi connectivity index (χ1) is 13.1. The van der Waals surface area contributed by atoms with Crippen LogP contribution >= 0.6 is 34.9 Å². The highest BCUT2D eigenvalue weighted by atomic mass is 32.1. The molecular formula is C19H20N5S3+. The van der Waals surface area contributed by atoms with Gasteiger partial charge in [-0.1, -0.05) is 41.7 Å². The number of aryl methyl sites for hydroxylation is 1. The molecule has 0 fully saturated rings. The lowest BCUT2D eigenvalue weighted by molar-refractivity contribution is -0.917. The van der Waals surface area contributed by atoms with E-state index in [1.54, 1.807) is 11.3 Å². The Bertz CT molecular complexity index is 1090. The van der Waals surface area contributed by atoms with Gasteiger partial charge in [0.25, 0.3) is 0 Å². The van der Waals surface area contributed by atoms with E-state index in [4.69, 9.17) is 17.2 Å². The van der Waals surface area contributed by atoms with Gasteiger partial charge >= 0.3 is 0 Å². The summed E-state index contributed by atoms with van der Waals surface area (Å²) in [6.07, 6.45) is 0. The Balaban J connectivity index is 1.45. The summed E-state index contributed by atoms with van der Waals surface area (Å²) in [5.41, 5.74) is 3.31. The number of nitrogens with zero attached hydrogens (tertiary/aromatic N) is 3. The van der Waals surface area contributed by atoms with Crippen LogP contribution in [0.25, 0.3) is 10.2 Å². The van der Waals surface area contributed by atoms with Crippen LogP contribution in [0.3, 0.4) is 0 Å². The minimum Gasteiger partial charge on any atom is -0.330 e. The average molecular weight is 415 g/mol. The molecule has 0 amide bonds. The molecule has 0 spiro atoms. The van der Waals surface area contributed by atoms with Gasteiger partial charge in [-0.3, -0.25) is 0 Å². The van der Waals surface area contributed by atoms with Crippen LogP contribution in [0.5, 0.6) is 0 Å². The van der Waals surface area contributed by atoms with Crippen molar-refractivity contribution in [2.45, 2.75) is 20.1 Å². The Hall–Kier alpha value is -2.13. The third-order valence-corrected chi connectivity index (χ3v) is 6.46. The molecule has 0 bridgehead atoms. The van der Waals surface area contributed by atoms with Gasteiger partial charge in [0.15, 0.2) is 10.6 Å². The van der Waals surface area contributed by atoms with Crippen LogP contribution in [0.15, 0.2) is 48.5 Å². The lowest BCUT2D eigenvalue weighted by atomic mass is 10.2. The molecule has 1 unspecified atom stereocenters.